The predicted octanol–water partition coefficient (Wildman–Crippen LogP) is 1.24. The molecule has 84 valence electrons. The summed E-state index contributed by atoms with van der Waals surface area (Å²) in [5, 5.41) is 17.7. The van der Waals surface area contributed by atoms with Crippen molar-refractivity contribution in [3.05, 3.63) is 41.5 Å². The molecule has 0 atom stereocenters. The number of hydrogen-bond acceptors (Lipinski definition) is 4. The minimum Gasteiger partial charge on any atom is -0.319 e. The molecular weight excluding hydrogens is 218 g/mol. The lowest BCUT2D eigenvalue weighted by atomic mass is 10.2. The fourth-order valence-electron chi connectivity index (χ4n) is 1.30. The van der Waals surface area contributed by atoms with Crippen LogP contribution < -0.4 is 5.32 Å². The molecule has 2 rings (SSSR count). The molecule has 0 bridgehead atoms. The van der Waals surface area contributed by atoms with Crippen molar-refractivity contribution in [3.63, 3.8) is 0 Å². The third kappa shape index (κ3) is 2.46. The smallest absolute Gasteiger partial charge is 0.295 e. The van der Waals surface area contributed by atoms with Crippen molar-refractivity contribution < 1.29 is 4.79 Å². The van der Waals surface area contributed by atoms with E-state index in [9.17, 15) is 4.79 Å². The molecule has 0 saturated heterocycles. The number of nitrogens with zero attached hydrogens (tertiary/aromatic N) is 3. The molecule has 2 N–H and O–H groups in total. The highest BCUT2D eigenvalue weighted by atomic mass is 16.2. The molecule has 17 heavy (non-hydrogen) atoms. The number of nitrogens with one attached hydrogen (secondary N) is 2. The zero-order chi connectivity index (χ0) is 12.3. The number of aromatic amines is 1. The number of benzene rings is 1. The molecule has 0 spiro atoms. The second-order valence-electron chi connectivity index (χ2n) is 3.39. The van der Waals surface area contributed by atoms with Crippen LogP contribution in [-0.4, -0.2) is 21.1 Å². The second-order valence-corrected chi connectivity index (χ2v) is 3.39. The zero-order valence-corrected chi connectivity index (χ0v) is 9.06. The van der Waals surface area contributed by atoms with Crippen molar-refractivity contribution >= 4 is 11.6 Å². The first-order valence-corrected chi connectivity index (χ1v) is 4.89. The van der Waals surface area contributed by atoms with E-state index in [0.717, 1.165) is 0 Å². The van der Waals surface area contributed by atoms with Crippen LogP contribution in [0.15, 0.2) is 24.3 Å². The van der Waals surface area contributed by atoms with Gasteiger partial charge < -0.3 is 5.32 Å². The van der Waals surface area contributed by atoms with Crippen LogP contribution in [-0.2, 0) is 0 Å². The maximum atomic E-state index is 11.7. The van der Waals surface area contributed by atoms with Crippen molar-refractivity contribution in [1.82, 2.24) is 15.2 Å². The Morgan fingerprint density at radius 1 is 1.53 bits per heavy atom. The first-order chi connectivity index (χ1) is 8.19. The van der Waals surface area contributed by atoms with Gasteiger partial charge >= 0.3 is 0 Å². The van der Waals surface area contributed by atoms with Gasteiger partial charge in [0, 0.05) is 5.69 Å². The van der Waals surface area contributed by atoms with Crippen LogP contribution in [0.3, 0.4) is 0 Å². The van der Waals surface area contributed by atoms with Crippen LogP contribution in [0.4, 0.5) is 5.69 Å². The van der Waals surface area contributed by atoms with Crippen LogP contribution in [0.2, 0.25) is 0 Å². The Morgan fingerprint density at radius 2 is 2.35 bits per heavy atom. The number of carbonyl (C=O) groups excluding carboxylic acids is 1. The SMILES string of the molecule is Cc1nc(C(=O)Nc2cccc(C#N)c2)n[nH]1. The van der Waals surface area contributed by atoms with Gasteiger partial charge in [0.05, 0.1) is 11.6 Å². The number of aromatic nitrogens is 3. The van der Waals surface area contributed by atoms with E-state index in [1.165, 1.54) is 0 Å². The highest BCUT2D eigenvalue weighted by Crippen LogP contribution is 2.10. The van der Waals surface area contributed by atoms with Crippen molar-refractivity contribution in [2.24, 2.45) is 0 Å². The molecule has 6 heteroatoms. The number of hydrogen-bond donors (Lipinski definition) is 2. The molecule has 2 aromatic rings. The molecule has 0 fully saturated rings. The number of rotatable bonds is 2. The molecule has 1 amide bonds. The van der Waals surface area contributed by atoms with E-state index in [1.54, 1.807) is 31.2 Å². The molecule has 0 aliphatic rings. The van der Waals surface area contributed by atoms with E-state index in [0.29, 0.717) is 17.1 Å². The summed E-state index contributed by atoms with van der Waals surface area (Å²) >= 11 is 0. The van der Waals surface area contributed by atoms with Gasteiger partial charge in [0.25, 0.3) is 5.91 Å². The van der Waals surface area contributed by atoms with E-state index >= 15 is 0 Å². The highest BCUT2D eigenvalue weighted by Gasteiger charge is 2.11. The second kappa shape index (κ2) is 4.45. The summed E-state index contributed by atoms with van der Waals surface area (Å²) in [5.74, 6) is 0.232. The lowest BCUT2D eigenvalue weighted by molar-refractivity contribution is 0.101. The van der Waals surface area contributed by atoms with Gasteiger partial charge in [-0.05, 0) is 25.1 Å². The van der Waals surface area contributed by atoms with E-state index in [2.05, 4.69) is 20.5 Å². The van der Waals surface area contributed by atoms with Gasteiger partial charge in [-0.2, -0.15) is 5.26 Å². The zero-order valence-electron chi connectivity index (χ0n) is 9.06. The minimum atomic E-state index is -0.413. The average Bonchev–Trinajstić information content (AvgIpc) is 2.76. The van der Waals surface area contributed by atoms with Gasteiger partial charge in [-0.1, -0.05) is 6.07 Å². The standard InChI is InChI=1S/C11H9N5O/c1-7-13-10(16-15-7)11(17)14-9-4-2-3-8(5-9)6-12/h2-5H,1H3,(H,14,17)(H,13,15,16). The first-order valence-electron chi connectivity index (χ1n) is 4.89. The largest absolute Gasteiger partial charge is 0.319 e. The number of aryl methyl sites for hydroxylation is 1. The lowest BCUT2D eigenvalue weighted by Crippen LogP contribution is -2.13. The Hall–Kier alpha value is -2.68. The van der Waals surface area contributed by atoms with E-state index in [1.807, 2.05) is 6.07 Å². The minimum absolute atomic E-state index is 0.0739. The number of amides is 1. The van der Waals surface area contributed by atoms with Gasteiger partial charge in [-0.15, -0.1) is 5.10 Å². The Bertz CT molecular complexity index is 596. The summed E-state index contributed by atoms with van der Waals surface area (Å²) < 4.78 is 0. The van der Waals surface area contributed by atoms with Gasteiger partial charge in [-0.3, -0.25) is 9.89 Å². The van der Waals surface area contributed by atoms with Gasteiger partial charge in [0.1, 0.15) is 5.82 Å². The van der Waals surface area contributed by atoms with E-state index in [4.69, 9.17) is 5.26 Å². The molecule has 1 aromatic heterocycles. The van der Waals surface area contributed by atoms with Crippen LogP contribution in [0.25, 0.3) is 0 Å². The Balaban J connectivity index is 2.16. The van der Waals surface area contributed by atoms with Gasteiger partial charge in [0.15, 0.2) is 0 Å². The quantitative estimate of drug-likeness (QED) is 0.806. The third-order valence-electron chi connectivity index (χ3n) is 2.05. The summed E-state index contributed by atoms with van der Waals surface area (Å²) in [7, 11) is 0. The monoisotopic (exact) mass is 227 g/mol. The molecule has 0 unspecified atom stereocenters. The summed E-state index contributed by atoms with van der Waals surface area (Å²) in [6.07, 6.45) is 0. The highest BCUT2D eigenvalue weighted by molar-refractivity contribution is 6.01. The molecule has 6 nitrogen and oxygen atoms in total. The topological polar surface area (TPSA) is 94.5 Å². The van der Waals surface area contributed by atoms with Crippen LogP contribution in [0, 0.1) is 18.3 Å². The Kier molecular flexibility index (Phi) is 2.83. The fourth-order valence-corrected chi connectivity index (χ4v) is 1.30. The Labute approximate surface area is 97.3 Å². The summed E-state index contributed by atoms with van der Waals surface area (Å²) in [6.45, 7) is 1.71. The third-order valence-corrected chi connectivity index (χ3v) is 2.05. The average molecular weight is 227 g/mol. The van der Waals surface area contributed by atoms with Gasteiger partial charge in [0.2, 0.25) is 5.82 Å². The van der Waals surface area contributed by atoms with Gasteiger partial charge in [-0.25, -0.2) is 4.98 Å². The maximum absolute atomic E-state index is 11.7. The predicted molar refractivity (Wildman–Crippen MR) is 60.2 cm³/mol. The normalized spacial score (nSPS) is 9.65. The van der Waals surface area contributed by atoms with Crippen LogP contribution in [0.1, 0.15) is 22.0 Å². The first kappa shape index (κ1) is 10.8. The number of carbonyl (C=O) groups is 1. The summed E-state index contributed by atoms with van der Waals surface area (Å²) in [6, 6.07) is 8.62. The van der Waals surface area contributed by atoms with E-state index in [-0.39, 0.29) is 5.82 Å². The molecule has 1 heterocycles. The lowest BCUT2D eigenvalue weighted by Gasteiger charge is -2.01. The van der Waals surface area contributed by atoms with Crippen LogP contribution in [0.5, 0.6) is 0 Å². The molecule has 0 aliphatic carbocycles. The Morgan fingerprint density at radius 3 is 3.00 bits per heavy atom. The number of anilines is 1. The fraction of sp³-hybridized carbons (Fsp3) is 0.0909. The summed E-state index contributed by atoms with van der Waals surface area (Å²) in [5.41, 5.74) is 1.02. The number of nitriles is 1. The molecule has 1 aromatic carbocycles. The van der Waals surface area contributed by atoms with Crippen molar-refractivity contribution in [2.45, 2.75) is 6.92 Å². The molecule has 0 radical (unpaired) electrons. The maximum Gasteiger partial charge on any atom is 0.295 e. The number of H-pyrrole nitrogens is 1. The van der Waals surface area contributed by atoms with Crippen molar-refractivity contribution in [2.75, 3.05) is 5.32 Å². The van der Waals surface area contributed by atoms with Crippen LogP contribution >= 0.6 is 0 Å². The van der Waals surface area contributed by atoms with E-state index < -0.39 is 5.91 Å². The summed E-state index contributed by atoms with van der Waals surface area (Å²) in [4.78, 5) is 15.6. The van der Waals surface area contributed by atoms with Crippen molar-refractivity contribution in [1.29, 1.82) is 5.26 Å². The van der Waals surface area contributed by atoms with Crippen molar-refractivity contribution in [3.8, 4) is 6.07 Å². The molecular formula is C11H9N5O. The molecule has 0 saturated carbocycles. The molecule has 0 aliphatic heterocycles.